The van der Waals surface area contributed by atoms with Crippen LogP contribution in [0.1, 0.15) is 18.2 Å². The highest BCUT2D eigenvalue weighted by Gasteiger charge is 2.13. The van der Waals surface area contributed by atoms with E-state index in [4.69, 9.17) is 5.73 Å². The fourth-order valence-electron chi connectivity index (χ4n) is 1.73. The number of hydrogen-bond donors (Lipinski definition) is 3. The van der Waals surface area contributed by atoms with Gasteiger partial charge in [-0.1, -0.05) is 6.92 Å². The molecule has 0 saturated heterocycles. The molecule has 0 aromatic carbocycles. The van der Waals surface area contributed by atoms with E-state index in [-0.39, 0.29) is 5.43 Å². The van der Waals surface area contributed by atoms with E-state index in [0.717, 1.165) is 17.7 Å². The maximum absolute atomic E-state index is 11.8. The molecule has 0 saturated carbocycles. The molecule has 0 fully saturated rings. The molecule has 2 aromatic rings. The Morgan fingerprint density at radius 1 is 1.50 bits per heavy atom. The second kappa shape index (κ2) is 3.84. The van der Waals surface area contributed by atoms with E-state index >= 15 is 0 Å². The third kappa shape index (κ3) is 1.60. The van der Waals surface area contributed by atoms with Crippen molar-refractivity contribution in [1.82, 2.24) is 15.2 Å². The van der Waals surface area contributed by atoms with Crippen molar-refractivity contribution in [2.75, 3.05) is 5.73 Å². The number of nitrogens with zero attached hydrogens (tertiary/aromatic N) is 1. The highest BCUT2D eigenvalue weighted by molar-refractivity contribution is 5.67. The molecule has 0 aliphatic rings. The van der Waals surface area contributed by atoms with Crippen LogP contribution in [0.3, 0.4) is 0 Å². The van der Waals surface area contributed by atoms with Gasteiger partial charge in [0.15, 0.2) is 5.43 Å². The first-order valence-corrected chi connectivity index (χ1v) is 5.16. The van der Waals surface area contributed by atoms with Gasteiger partial charge in [0, 0.05) is 23.5 Å². The number of nitrogens with one attached hydrogen (secondary N) is 2. The van der Waals surface area contributed by atoms with E-state index in [2.05, 4.69) is 15.2 Å². The minimum atomic E-state index is -0.0328. The lowest BCUT2D eigenvalue weighted by Crippen LogP contribution is -2.06. The van der Waals surface area contributed by atoms with Crippen molar-refractivity contribution in [3.8, 4) is 11.3 Å². The van der Waals surface area contributed by atoms with Crippen LogP contribution >= 0.6 is 0 Å². The number of pyridine rings is 1. The average molecular weight is 218 g/mol. The lowest BCUT2D eigenvalue weighted by Gasteiger charge is -2.01. The van der Waals surface area contributed by atoms with Gasteiger partial charge in [0.05, 0.1) is 11.3 Å². The van der Waals surface area contributed by atoms with Crippen molar-refractivity contribution in [2.24, 2.45) is 0 Å². The fraction of sp³-hybridized carbons (Fsp3) is 0.273. The smallest absolute Gasteiger partial charge is 0.191 e. The zero-order chi connectivity index (χ0) is 11.7. The second-order valence-electron chi connectivity index (χ2n) is 3.71. The van der Waals surface area contributed by atoms with Gasteiger partial charge in [0.25, 0.3) is 0 Å². The quantitative estimate of drug-likeness (QED) is 0.708. The summed E-state index contributed by atoms with van der Waals surface area (Å²) in [5.74, 6) is 0.456. The van der Waals surface area contributed by atoms with Gasteiger partial charge in [-0.2, -0.15) is 5.10 Å². The Morgan fingerprint density at radius 3 is 2.88 bits per heavy atom. The van der Waals surface area contributed by atoms with Crippen molar-refractivity contribution in [3.63, 3.8) is 0 Å². The summed E-state index contributed by atoms with van der Waals surface area (Å²) in [6.07, 6.45) is 2.43. The predicted octanol–water partition coefficient (Wildman–Crippen LogP) is 1.22. The maximum atomic E-state index is 11.8. The number of rotatable bonds is 2. The second-order valence-corrected chi connectivity index (χ2v) is 3.71. The first kappa shape index (κ1) is 10.5. The number of H-pyrrole nitrogens is 2. The number of aromatic nitrogens is 3. The van der Waals surface area contributed by atoms with E-state index < -0.39 is 0 Å². The number of nitrogen functional groups attached to an aromatic ring is 1. The lowest BCUT2D eigenvalue weighted by atomic mass is 10.1. The standard InChI is InChI=1S/C11H14N4O/c1-3-7-10(14-15-11(7)12)8-5-13-6(2)4-9(8)16/h4-5H,3H2,1-2H3,(H,13,16)(H3,12,14,15). The Kier molecular flexibility index (Phi) is 2.52. The highest BCUT2D eigenvalue weighted by Crippen LogP contribution is 2.22. The normalized spacial score (nSPS) is 10.6. The van der Waals surface area contributed by atoms with Gasteiger partial charge in [0.2, 0.25) is 0 Å². The molecule has 0 bridgehead atoms. The molecule has 0 aliphatic heterocycles. The van der Waals surface area contributed by atoms with Crippen LogP contribution in [0, 0.1) is 6.92 Å². The molecule has 2 aromatic heterocycles. The molecule has 16 heavy (non-hydrogen) atoms. The maximum Gasteiger partial charge on any atom is 0.191 e. The monoisotopic (exact) mass is 218 g/mol. The van der Waals surface area contributed by atoms with Gasteiger partial charge in [-0.3, -0.25) is 9.89 Å². The van der Waals surface area contributed by atoms with E-state index in [1.54, 1.807) is 12.3 Å². The van der Waals surface area contributed by atoms with Gasteiger partial charge in [0.1, 0.15) is 5.82 Å². The Morgan fingerprint density at radius 2 is 2.25 bits per heavy atom. The summed E-state index contributed by atoms with van der Waals surface area (Å²) in [5.41, 5.74) is 8.68. The number of nitrogens with two attached hydrogens (primary N) is 1. The fourth-order valence-corrected chi connectivity index (χ4v) is 1.73. The summed E-state index contributed by atoms with van der Waals surface area (Å²) in [6.45, 7) is 3.82. The summed E-state index contributed by atoms with van der Waals surface area (Å²) >= 11 is 0. The average Bonchev–Trinajstić information content (AvgIpc) is 2.59. The van der Waals surface area contributed by atoms with Crippen LogP contribution in [0.2, 0.25) is 0 Å². The Labute approximate surface area is 92.7 Å². The molecule has 0 amide bonds. The van der Waals surface area contributed by atoms with Gasteiger partial charge in [-0.25, -0.2) is 0 Å². The van der Waals surface area contributed by atoms with Crippen molar-refractivity contribution in [3.05, 3.63) is 33.7 Å². The van der Waals surface area contributed by atoms with Crippen LogP contribution in [0.4, 0.5) is 5.82 Å². The van der Waals surface area contributed by atoms with Crippen LogP contribution in [-0.2, 0) is 6.42 Å². The zero-order valence-corrected chi connectivity index (χ0v) is 9.29. The molecule has 0 atom stereocenters. The molecule has 0 radical (unpaired) electrons. The van der Waals surface area contributed by atoms with E-state index in [1.165, 1.54) is 0 Å². The van der Waals surface area contributed by atoms with Gasteiger partial charge in [-0.15, -0.1) is 0 Å². The summed E-state index contributed by atoms with van der Waals surface area (Å²) in [4.78, 5) is 14.8. The van der Waals surface area contributed by atoms with E-state index in [0.29, 0.717) is 17.1 Å². The number of hydrogen-bond acceptors (Lipinski definition) is 3. The molecular weight excluding hydrogens is 204 g/mol. The van der Waals surface area contributed by atoms with Crippen molar-refractivity contribution < 1.29 is 0 Å². The SMILES string of the molecule is CCc1c(N)n[nH]c1-c1c[nH]c(C)cc1=O. The topological polar surface area (TPSA) is 87.6 Å². The molecular formula is C11H14N4O. The first-order chi connectivity index (χ1) is 7.63. The van der Waals surface area contributed by atoms with Crippen LogP contribution in [0.25, 0.3) is 11.3 Å². The molecule has 0 unspecified atom stereocenters. The summed E-state index contributed by atoms with van der Waals surface area (Å²) in [6, 6.07) is 1.56. The highest BCUT2D eigenvalue weighted by atomic mass is 16.1. The molecule has 5 nitrogen and oxygen atoms in total. The summed E-state index contributed by atoms with van der Waals surface area (Å²) in [7, 11) is 0. The molecule has 4 N–H and O–H groups in total. The van der Waals surface area contributed by atoms with Crippen molar-refractivity contribution >= 4 is 5.82 Å². The zero-order valence-electron chi connectivity index (χ0n) is 9.29. The van der Waals surface area contributed by atoms with Crippen LogP contribution in [0.15, 0.2) is 17.1 Å². The minimum absolute atomic E-state index is 0.0328. The third-order valence-electron chi connectivity index (χ3n) is 2.58. The number of anilines is 1. The van der Waals surface area contributed by atoms with Gasteiger partial charge < -0.3 is 10.7 Å². The third-order valence-corrected chi connectivity index (χ3v) is 2.58. The van der Waals surface area contributed by atoms with Crippen molar-refractivity contribution in [2.45, 2.75) is 20.3 Å². The molecule has 84 valence electrons. The first-order valence-electron chi connectivity index (χ1n) is 5.16. The van der Waals surface area contributed by atoms with E-state index in [9.17, 15) is 4.79 Å². The van der Waals surface area contributed by atoms with Gasteiger partial charge >= 0.3 is 0 Å². The molecule has 2 rings (SSSR count). The Balaban J connectivity index is 2.63. The van der Waals surface area contributed by atoms with Crippen LogP contribution in [0.5, 0.6) is 0 Å². The molecule has 0 aliphatic carbocycles. The van der Waals surface area contributed by atoms with Crippen LogP contribution < -0.4 is 11.2 Å². The van der Waals surface area contributed by atoms with Gasteiger partial charge in [-0.05, 0) is 13.3 Å². The predicted molar refractivity (Wildman–Crippen MR) is 63.2 cm³/mol. The Hall–Kier alpha value is -2.04. The summed E-state index contributed by atoms with van der Waals surface area (Å²) < 4.78 is 0. The largest absolute Gasteiger partial charge is 0.382 e. The number of aryl methyl sites for hydroxylation is 1. The Bertz CT molecular complexity index is 568. The van der Waals surface area contributed by atoms with Crippen LogP contribution in [-0.4, -0.2) is 15.2 Å². The molecule has 0 spiro atoms. The van der Waals surface area contributed by atoms with E-state index in [1.807, 2.05) is 13.8 Å². The molecule has 2 heterocycles. The number of aromatic amines is 2. The lowest BCUT2D eigenvalue weighted by molar-refractivity contribution is 1.09. The van der Waals surface area contributed by atoms with Crippen molar-refractivity contribution in [1.29, 1.82) is 0 Å². The summed E-state index contributed by atoms with van der Waals surface area (Å²) in [5, 5.41) is 6.73. The molecule has 5 heteroatoms. The minimum Gasteiger partial charge on any atom is -0.382 e.